The van der Waals surface area contributed by atoms with E-state index in [0.717, 1.165) is 17.9 Å². The van der Waals surface area contributed by atoms with E-state index in [1.54, 1.807) is 18.3 Å². The molecule has 30 heavy (non-hydrogen) atoms. The number of rotatable bonds is 9. The van der Waals surface area contributed by atoms with Gasteiger partial charge in [0.25, 0.3) is 0 Å². The predicted octanol–water partition coefficient (Wildman–Crippen LogP) is 7.60. The van der Waals surface area contributed by atoms with E-state index in [-0.39, 0.29) is 5.04 Å². The van der Waals surface area contributed by atoms with Crippen LogP contribution in [0, 0.1) is 5.92 Å². The summed E-state index contributed by atoms with van der Waals surface area (Å²) >= 11 is 6.27. The molecule has 2 rings (SSSR count). The first kappa shape index (κ1) is 24.4. The number of pyridine rings is 1. The Bertz CT molecular complexity index is 845. The summed E-state index contributed by atoms with van der Waals surface area (Å²) in [7, 11) is -1.72. The number of halogens is 1. The summed E-state index contributed by atoms with van der Waals surface area (Å²) in [4.78, 5) is 4.38. The van der Waals surface area contributed by atoms with Crippen LogP contribution in [-0.2, 0) is 4.43 Å². The second-order valence-corrected chi connectivity index (χ2v) is 14.2. The maximum atomic E-state index is 6.30. The fraction of sp³-hybridized carbons (Fsp3) is 0.458. The molecule has 1 heterocycles. The van der Waals surface area contributed by atoms with Crippen molar-refractivity contribution in [2.24, 2.45) is 5.92 Å². The molecule has 0 saturated heterocycles. The lowest BCUT2D eigenvalue weighted by molar-refractivity contribution is 0.259. The number of nitrogens with zero attached hydrogens (tertiary/aromatic N) is 1. The van der Waals surface area contributed by atoms with Crippen molar-refractivity contribution in [2.45, 2.75) is 52.8 Å². The Balaban J connectivity index is 1.93. The molecule has 0 aliphatic carbocycles. The van der Waals surface area contributed by atoms with Gasteiger partial charge < -0.3 is 13.9 Å². The van der Waals surface area contributed by atoms with Gasteiger partial charge in [-0.3, -0.25) is 0 Å². The van der Waals surface area contributed by atoms with Crippen LogP contribution in [0.25, 0.3) is 6.08 Å². The van der Waals surface area contributed by atoms with Gasteiger partial charge in [0.15, 0.2) is 8.32 Å². The summed E-state index contributed by atoms with van der Waals surface area (Å²) in [5, 5.41) is 0.713. The zero-order valence-electron chi connectivity index (χ0n) is 19.2. The first-order valence-electron chi connectivity index (χ1n) is 10.4. The lowest BCUT2D eigenvalue weighted by Crippen LogP contribution is -2.41. The zero-order valence-corrected chi connectivity index (χ0v) is 20.9. The maximum absolute atomic E-state index is 6.30. The second kappa shape index (κ2) is 10.5. The van der Waals surface area contributed by atoms with E-state index in [0.29, 0.717) is 29.2 Å². The molecule has 4 nitrogen and oxygen atoms in total. The summed E-state index contributed by atoms with van der Waals surface area (Å²) in [6.07, 6.45) is 6.02. The normalized spacial score (nSPS) is 13.5. The Morgan fingerprint density at radius 1 is 1.17 bits per heavy atom. The zero-order chi connectivity index (χ0) is 22.4. The van der Waals surface area contributed by atoms with Crippen molar-refractivity contribution in [3.8, 4) is 17.4 Å². The van der Waals surface area contributed by atoms with E-state index in [9.17, 15) is 0 Å². The molecule has 0 fully saturated rings. The smallest absolute Gasteiger partial charge is 0.219 e. The highest BCUT2D eigenvalue weighted by atomic mass is 35.5. The Morgan fingerprint density at radius 2 is 1.90 bits per heavy atom. The molecule has 0 amide bonds. The molecule has 0 N–H and O–H groups in total. The Labute approximate surface area is 187 Å². The van der Waals surface area contributed by atoms with Gasteiger partial charge in [-0.1, -0.05) is 51.4 Å². The number of hydrogen-bond acceptors (Lipinski definition) is 4. The van der Waals surface area contributed by atoms with E-state index >= 15 is 0 Å². The molecular formula is C24H34ClNO3Si. The molecule has 6 heteroatoms. The average molecular weight is 448 g/mol. The topological polar surface area (TPSA) is 40.6 Å². The summed E-state index contributed by atoms with van der Waals surface area (Å²) in [6.45, 7) is 16.8. The monoisotopic (exact) mass is 447 g/mol. The molecule has 0 bridgehead atoms. The molecule has 0 spiro atoms. The second-order valence-electron chi connectivity index (χ2n) is 8.96. The average Bonchev–Trinajstić information content (AvgIpc) is 2.67. The van der Waals surface area contributed by atoms with Gasteiger partial charge in [-0.05, 0) is 54.7 Å². The molecule has 1 unspecified atom stereocenters. The molecule has 0 saturated carbocycles. The van der Waals surface area contributed by atoms with Crippen molar-refractivity contribution >= 4 is 26.0 Å². The molecule has 1 aromatic carbocycles. The molecule has 1 atom stereocenters. The minimum Gasteiger partial charge on any atom is -0.494 e. The van der Waals surface area contributed by atoms with Crippen molar-refractivity contribution in [3.05, 3.63) is 53.2 Å². The molecule has 1 aromatic heterocycles. The third-order valence-electron chi connectivity index (χ3n) is 5.32. The van der Waals surface area contributed by atoms with Crippen molar-refractivity contribution in [3.63, 3.8) is 0 Å². The van der Waals surface area contributed by atoms with Gasteiger partial charge >= 0.3 is 0 Å². The minimum atomic E-state index is -1.72. The summed E-state index contributed by atoms with van der Waals surface area (Å²) in [5.74, 6) is 2.09. The first-order valence-corrected chi connectivity index (χ1v) is 13.7. The minimum absolute atomic E-state index is 0.225. The maximum Gasteiger partial charge on any atom is 0.219 e. The van der Waals surface area contributed by atoms with Crippen molar-refractivity contribution in [1.82, 2.24) is 4.98 Å². The summed E-state index contributed by atoms with van der Waals surface area (Å²) in [5.41, 5.74) is 1.01. The van der Waals surface area contributed by atoms with Gasteiger partial charge in [0, 0.05) is 24.9 Å². The fourth-order valence-electron chi connectivity index (χ4n) is 2.37. The van der Waals surface area contributed by atoms with Crippen LogP contribution in [0.3, 0.4) is 0 Å². The van der Waals surface area contributed by atoms with Crippen LogP contribution in [0.15, 0.2) is 42.6 Å². The third-order valence-corrected chi connectivity index (χ3v) is 10.1. The van der Waals surface area contributed by atoms with Crippen LogP contribution < -0.4 is 9.47 Å². The highest BCUT2D eigenvalue weighted by molar-refractivity contribution is 6.74. The van der Waals surface area contributed by atoms with E-state index in [4.69, 9.17) is 25.5 Å². The number of aromatic nitrogens is 1. The molecule has 0 aliphatic rings. The molecular weight excluding hydrogens is 414 g/mol. The van der Waals surface area contributed by atoms with E-state index < -0.39 is 8.32 Å². The van der Waals surface area contributed by atoms with Crippen molar-refractivity contribution in [1.29, 1.82) is 0 Å². The Morgan fingerprint density at radius 3 is 2.47 bits per heavy atom. The highest BCUT2D eigenvalue weighted by Gasteiger charge is 2.37. The molecule has 0 aliphatic heterocycles. The fourth-order valence-corrected chi connectivity index (χ4v) is 3.69. The van der Waals surface area contributed by atoms with Crippen LogP contribution in [0.5, 0.6) is 17.4 Å². The van der Waals surface area contributed by atoms with Crippen LogP contribution in [0.4, 0.5) is 0 Å². The summed E-state index contributed by atoms with van der Waals surface area (Å²) in [6, 6.07) is 9.17. The number of ether oxygens (including phenoxy) is 2. The van der Waals surface area contributed by atoms with Gasteiger partial charge in [-0.15, -0.1) is 0 Å². The van der Waals surface area contributed by atoms with Crippen LogP contribution in [0.1, 0.15) is 40.2 Å². The van der Waals surface area contributed by atoms with Gasteiger partial charge in [0.1, 0.15) is 11.5 Å². The van der Waals surface area contributed by atoms with E-state index in [1.807, 2.05) is 25.1 Å². The van der Waals surface area contributed by atoms with Gasteiger partial charge in [0.2, 0.25) is 5.88 Å². The molecule has 164 valence electrons. The Kier molecular flexibility index (Phi) is 8.53. The Hall–Kier alpha value is -1.82. The molecule has 2 aromatic rings. The number of benzene rings is 1. The largest absolute Gasteiger partial charge is 0.494 e. The highest BCUT2D eigenvalue weighted by Crippen LogP contribution is 2.37. The molecule has 0 radical (unpaired) electrons. The van der Waals surface area contributed by atoms with Gasteiger partial charge in [0.05, 0.1) is 11.6 Å². The summed E-state index contributed by atoms with van der Waals surface area (Å²) < 4.78 is 17.5. The standard InChI is InChI=1S/C24H34ClNO3Si/c1-8-27-20-12-13-22(21(25)15-20)29-23-14-11-19(16-26-23)10-9-18(2)17-28-30(6,7)24(3,4)5/h9-16,18H,8,17H2,1-7H3. The van der Waals surface area contributed by atoms with Gasteiger partial charge in [-0.25, -0.2) is 4.98 Å². The first-order chi connectivity index (χ1) is 14.0. The van der Waals surface area contributed by atoms with Crippen LogP contribution >= 0.6 is 11.6 Å². The lowest BCUT2D eigenvalue weighted by Gasteiger charge is -2.36. The van der Waals surface area contributed by atoms with Crippen LogP contribution in [0.2, 0.25) is 23.2 Å². The third kappa shape index (κ3) is 7.15. The van der Waals surface area contributed by atoms with Gasteiger partial charge in [-0.2, -0.15) is 0 Å². The predicted molar refractivity (Wildman–Crippen MR) is 128 cm³/mol. The van der Waals surface area contributed by atoms with Crippen LogP contribution in [-0.4, -0.2) is 26.5 Å². The van der Waals surface area contributed by atoms with Crippen molar-refractivity contribution in [2.75, 3.05) is 13.2 Å². The number of hydrogen-bond donors (Lipinski definition) is 0. The van der Waals surface area contributed by atoms with Crippen molar-refractivity contribution < 1.29 is 13.9 Å². The SMILES string of the molecule is CCOc1ccc(Oc2ccc(C=CC(C)CO[Si](C)(C)C(C)(C)C)cn2)c(Cl)c1. The van der Waals surface area contributed by atoms with E-state index in [1.165, 1.54) is 0 Å². The lowest BCUT2D eigenvalue weighted by atomic mass is 10.1. The van der Waals surface area contributed by atoms with E-state index in [2.05, 4.69) is 57.9 Å². The quantitative estimate of drug-likeness (QED) is 0.371.